The Morgan fingerprint density at radius 2 is 1.74 bits per heavy atom. The highest BCUT2D eigenvalue weighted by Gasteiger charge is 2.21. The second-order valence-corrected chi connectivity index (χ2v) is 6.32. The van der Waals surface area contributed by atoms with Crippen molar-refractivity contribution in [1.82, 2.24) is 20.2 Å². The van der Waals surface area contributed by atoms with Crippen LogP contribution in [0.15, 0.2) is 17.8 Å². The molecule has 2 saturated heterocycles. The maximum atomic E-state index is 5.39. The third kappa shape index (κ3) is 3.20. The van der Waals surface area contributed by atoms with Crippen LogP contribution in [0.3, 0.4) is 0 Å². The van der Waals surface area contributed by atoms with Crippen LogP contribution in [-0.4, -0.2) is 72.6 Å². The normalized spacial score (nSPS) is 19.2. The Bertz CT molecular complexity index is 624. The zero-order valence-corrected chi connectivity index (χ0v) is 13.7. The lowest BCUT2D eigenvalue weighted by Crippen LogP contribution is -2.47. The van der Waals surface area contributed by atoms with Crippen molar-refractivity contribution in [2.75, 3.05) is 67.2 Å². The van der Waals surface area contributed by atoms with Crippen LogP contribution in [-0.2, 0) is 4.74 Å². The Labute approximate surface area is 138 Å². The molecule has 4 rings (SSSR count). The molecular formula is C14H19N7OS. The van der Waals surface area contributed by atoms with Crippen LogP contribution >= 0.6 is 11.3 Å². The Kier molecular flexibility index (Phi) is 4.20. The second-order valence-electron chi connectivity index (χ2n) is 5.51. The molecule has 0 N–H and O–H groups in total. The molecule has 2 aromatic heterocycles. The highest BCUT2D eigenvalue weighted by Crippen LogP contribution is 2.21. The van der Waals surface area contributed by atoms with E-state index in [2.05, 4.69) is 29.9 Å². The molecule has 0 radical (unpaired) electrons. The Morgan fingerprint density at radius 3 is 2.48 bits per heavy atom. The van der Waals surface area contributed by atoms with Crippen LogP contribution in [0.1, 0.15) is 0 Å². The zero-order chi connectivity index (χ0) is 15.5. The van der Waals surface area contributed by atoms with Gasteiger partial charge in [0.25, 0.3) is 0 Å². The van der Waals surface area contributed by atoms with Gasteiger partial charge in [-0.1, -0.05) is 11.3 Å². The number of rotatable bonds is 3. The van der Waals surface area contributed by atoms with Gasteiger partial charge in [0, 0.05) is 45.5 Å². The van der Waals surface area contributed by atoms with E-state index in [0.29, 0.717) is 0 Å². The fourth-order valence-corrected chi connectivity index (χ4v) is 3.48. The summed E-state index contributed by atoms with van der Waals surface area (Å²) in [6.45, 7) is 6.93. The number of piperazine rings is 1. The summed E-state index contributed by atoms with van der Waals surface area (Å²) in [4.78, 5) is 15.9. The van der Waals surface area contributed by atoms with Crippen LogP contribution in [0.5, 0.6) is 0 Å². The first-order valence-corrected chi connectivity index (χ1v) is 8.70. The van der Waals surface area contributed by atoms with Crippen molar-refractivity contribution in [2.24, 2.45) is 0 Å². The zero-order valence-electron chi connectivity index (χ0n) is 12.8. The maximum Gasteiger partial charge on any atom is 0.227 e. The molecule has 4 heterocycles. The lowest BCUT2D eigenvalue weighted by atomic mass is 10.3. The SMILES string of the molecule is c1cc(N2CCN(c3nncs3)CC2)nc(N2CCOCC2)n1. The maximum absolute atomic E-state index is 5.39. The lowest BCUT2D eigenvalue weighted by Gasteiger charge is -2.35. The molecule has 2 fully saturated rings. The Balaban J connectivity index is 1.42. The van der Waals surface area contributed by atoms with Crippen LogP contribution < -0.4 is 14.7 Å². The number of morpholine rings is 1. The summed E-state index contributed by atoms with van der Waals surface area (Å²) < 4.78 is 5.39. The van der Waals surface area contributed by atoms with Gasteiger partial charge in [0.2, 0.25) is 11.1 Å². The molecule has 2 aliphatic rings. The highest BCUT2D eigenvalue weighted by atomic mass is 32.1. The molecule has 2 aliphatic heterocycles. The number of aromatic nitrogens is 4. The molecule has 122 valence electrons. The highest BCUT2D eigenvalue weighted by molar-refractivity contribution is 7.13. The number of anilines is 3. The van der Waals surface area contributed by atoms with E-state index in [0.717, 1.165) is 69.4 Å². The van der Waals surface area contributed by atoms with Gasteiger partial charge in [0.05, 0.1) is 13.2 Å². The minimum Gasteiger partial charge on any atom is -0.378 e. The summed E-state index contributed by atoms with van der Waals surface area (Å²) in [6.07, 6.45) is 1.85. The molecule has 0 aliphatic carbocycles. The smallest absolute Gasteiger partial charge is 0.227 e. The first-order valence-electron chi connectivity index (χ1n) is 7.82. The minimum atomic E-state index is 0.744. The molecule has 0 amide bonds. The van der Waals surface area contributed by atoms with Crippen LogP contribution in [0.2, 0.25) is 0 Å². The summed E-state index contributed by atoms with van der Waals surface area (Å²) in [5, 5.41) is 9.06. The summed E-state index contributed by atoms with van der Waals surface area (Å²) in [5.41, 5.74) is 1.78. The van der Waals surface area contributed by atoms with Crippen molar-refractivity contribution in [2.45, 2.75) is 0 Å². The molecular weight excluding hydrogens is 314 g/mol. The first-order chi connectivity index (χ1) is 11.4. The number of hydrogen-bond acceptors (Lipinski definition) is 9. The van der Waals surface area contributed by atoms with E-state index in [-0.39, 0.29) is 0 Å². The van der Waals surface area contributed by atoms with E-state index < -0.39 is 0 Å². The molecule has 0 atom stereocenters. The van der Waals surface area contributed by atoms with Crippen molar-refractivity contribution in [3.8, 4) is 0 Å². The molecule has 0 bridgehead atoms. The average Bonchev–Trinajstić information content (AvgIpc) is 3.17. The molecule has 0 unspecified atom stereocenters. The van der Waals surface area contributed by atoms with Crippen molar-refractivity contribution in [3.05, 3.63) is 17.8 Å². The van der Waals surface area contributed by atoms with Gasteiger partial charge in [-0.2, -0.15) is 4.98 Å². The van der Waals surface area contributed by atoms with Gasteiger partial charge in [-0.25, -0.2) is 4.98 Å². The molecule has 0 saturated carbocycles. The van der Waals surface area contributed by atoms with E-state index in [9.17, 15) is 0 Å². The van der Waals surface area contributed by atoms with Gasteiger partial charge in [0.1, 0.15) is 11.3 Å². The molecule has 8 nitrogen and oxygen atoms in total. The van der Waals surface area contributed by atoms with Gasteiger partial charge in [-0.15, -0.1) is 10.2 Å². The summed E-state index contributed by atoms with van der Waals surface area (Å²) in [5.74, 6) is 1.80. The first kappa shape index (κ1) is 14.6. The third-order valence-electron chi connectivity index (χ3n) is 4.14. The van der Waals surface area contributed by atoms with Gasteiger partial charge < -0.3 is 19.4 Å². The lowest BCUT2D eigenvalue weighted by molar-refractivity contribution is 0.122. The largest absolute Gasteiger partial charge is 0.378 e. The number of hydrogen-bond donors (Lipinski definition) is 0. The van der Waals surface area contributed by atoms with Crippen molar-refractivity contribution >= 4 is 28.2 Å². The van der Waals surface area contributed by atoms with Crippen molar-refractivity contribution in [3.63, 3.8) is 0 Å². The fourth-order valence-electron chi connectivity index (χ4n) is 2.86. The number of ether oxygens (including phenoxy) is 1. The number of nitrogens with zero attached hydrogens (tertiary/aromatic N) is 7. The van der Waals surface area contributed by atoms with Crippen LogP contribution in [0.25, 0.3) is 0 Å². The van der Waals surface area contributed by atoms with E-state index in [1.165, 1.54) is 0 Å². The van der Waals surface area contributed by atoms with E-state index >= 15 is 0 Å². The molecule has 2 aromatic rings. The standard InChI is InChI=1S/C14H19N7OS/c1-2-15-13(20-7-9-22-10-8-20)17-12(1)19-3-5-21(6-4-19)14-18-16-11-23-14/h1-2,11H,3-10H2. The quantitative estimate of drug-likeness (QED) is 0.804. The van der Waals surface area contributed by atoms with E-state index in [4.69, 9.17) is 9.72 Å². The molecule has 0 spiro atoms. The fraction of sp³-hybridized carbons (Fsp3) is 0.571. The predicted octanol–water partition coefficient (Wildman–Crippen LogP) is 0.491. The van der Waals surface area contributed by atoms with Crippen molar-refractivity contribution in [1.29, 1.82) is 0 Å². The van der Waals surface area contributed by atoms with Gasteiger partial charge in [-0.3, -0.25) is 0 Å². The monoisotopic (exact) mass is 333 g/mol. The second kappa shape index (κ2) is 6.63. The summed E-state index contributed by atoms with van der Waals surface area (Å²) in [6, 6.07) is 1.99. The predicted molar refractivity (Wildman–Crippen MR) is 89.4 cm³/mol. The van der Waals surface area contributed by atoms with Crippen LogP contribution in [0.4, 0.5) is 16.9 Å². The Hall–Kier alpha value is -2.00. The Morgan fingerprint density at radius 1 is 0.957 bits per heavy atom. The van der Waals surface area contributed by atoms with Gasteiger partial charge in [-0.05, 0) is 6.07 Å². The van der Waals surface area contributed by atoms with Gasteiger partial charge in [0.15, 0.2) is 0 Å². The summed E-state index contributed by atoms with van der Waals surface area (Å²) >= 11 is 1.59. The van der Waals surface area contributed by atoms with Crippen LogP contribution in [0, 0.1) is 0 Å². The molecule has 9 heteroatoms. The minimum absolute atomic E-state index is 0.744. The molecule has 23 heavy (non-hydrogen) atoms. The van der Waals surface area contributed by atoms with Crippen molar-refractivity contribution < 1.29 is 4.74 Å². The third-order valence-corrected chi connectivity index (χ3v) is 4.90. The average molecular weight is 333 g/mol. The topological polar surface area (TPSA) is 70.5 Å². The summed E-state index contributed by atoms with van der Waals surface area (Å²) in [7, 11) is 0. The van der Waals surface area contributed by atoms with E-state index in [1.54, 1.807) is 16.8 Å². The molecule has 0 aromatic carbocycles. The van der Waals surface area contributed by atoms with E-state index in [1.807, 2.05) is 12.3 Å². The van der Waals surface area contributed by atoms with Gasteiger partial charge >= 0.3 is 0 Å².